The van der Waals surface area contributed by atoms with E-state index >= 15 is 0 Å². The largest absolute Gasteiger partial charge is 0.394 e. The Balaban J connectivity index is 2.42. The number of H-pyrrole nitrogens is 1. The highest BCUT2D eigenvalue weighted by Gasteiger charge is 2.45. The highest BCUT2D eigenvalue weighted by Crippen LogP contribution is 2.30. The van der Waals surface area contributed by atoms with Crippen molar-refractivity contribution in [2.75, 3.05) is 6.61 Å². The summed E-state index contributed by atoms with van der Waals surface area (Å²) in [4.78, 5) is 25.9. The summed E-state index contributed by atoms with van der Waals surface area (Å²) in [6, 6.07) is 0. The predicted octanol–water partition coefficient (Wildman–Crippen LogP) is 0.0159. The number of hydrogen-bond donors (Lipinski definition) is 3. The third-order valence-electron chi connectivity index (χ3n) is 3.51. The number of aromatic nitrogens is 2. The van der Waals surface area contributed by atoms with E-state index in [-0.39, 0.29) is 5.56 Å². The molecule has 7 nitrogen and oxygen atoms in total. The zero-order chi connectivity index (χ0) is 17.4. The highest BCUT2D eigenvalue weighted by molar-refractivity contribution is 6.81. The molecule has 1 aliphatic rings. The molecule has 0 aliphatic carbocycles. The number of rotatable bonds is 4. The van der Waals surface area contributed by atoms with Crippen LogP contribution in [0.4, 0.5) is 4.39 Å². The molecular weight excluding hydrogens is 323 g/mol. The quantitative estimate of drug-likeness (QED) is 0.668. The van der Waals surface area contributed by atoms with Gasteiger partial charge in [0.2, 0.25) is 0 Å². The molecule has 3 N–H and O–H groups in total. The molecule has 0 saturated carbocycles. The zero-order valence-electron chi connectivity index (χ0n) is 13.2. The minimum atomic E-state index is -1.88. The van der Waals surface area contributed by atoms with Gasteiger partial charge in [0.05, 0.1) is 20.2 Å². The smallest absolute Gasteiger partial charge is 0.330 e. The number of aliphatic hydroxyl groups excluding tert-OH is 2. The second-order valence-corrected chi connectivity index (χ2v) is 11.7. The van der Waals surface area contributed by atoms with E-state index in [2.05, 4.69) is 24.6 Å². The minimum Gasteiger partial charge on any atom is -0.394 e. The van der Waals surface area contributed by atoms with Gasteiger partial charge in [-0.1, -0.05) is 31.4 Å². The van der Waals surface area contributed by atoms with Crippen molar-refractivity contribution >= 4 is 14.1 Å². The van der Waals surface area contributed by atoms with Crippen LogP contribution in [0.1, 0.15) is 11.8 Å². The van der Waals surface area contributed by atoms with E-state index in [9.17, 15) is 19.1 Å². The van der Waals surface area contributed by atoms with E-state index in [1.165, 1.54) is 6.20 Å². The summed E-state index contributed by atoms with van der Waals surface area (Å²) in [7, 11) is -1.57. The van der Waals surface area contributed by atoms with Crippen molar-refractivity contribution in [1.82, 2.24) is 9.55 Å². The van der Waals surface area contributed by atoms with Crippen LogP contribution in [-0.4, -0.2) is 52.8 Å². The summed E-state index contributed by atoms with van der Waals surface area (Å²) in [6.07, 6.45) is -3.13. The molecule has 0 unspecified atom stereocenters. The maximum absolute atomic E-state index is 14.1. The maximum atomic E-state index is 14.1. The molecule has 4 atom stereocenters. The van der Waals surface area contributed by atoms with Gasteiger partial charge in [0.15, 0.2) is 12.4 Å². The molecule has 0 spiro atoms. The standard InChI is InChI=1S/C14H21FN2O5Si/c1-23(2,3)5-4-8-6-17(14(21)16-12(8)20)13-10(15)11(19)9(7-18)22-13/h4-6,9-11,13,18-19H,7H2,1-3H3,(H,16,20,21)/b5-4+/t9-,10+,11-,13-/m1/s1. The molecule has 1 fully saturated rings. The summed E-state index contributed by atoms with van der Waals surface area (Å²) in [5, 5.41) is 18.7. The second-order valence-electron chi connectivity index (χ2n) is 6.63. The molecule has 2 rings (SSSR count). The van der Waals surface area contributed by atoms with Crippen molar-refractivity contribution < 1.29 is 19.3 Å². The lowest BCUT2D eigenvalue weighted by Gasteiger charge is -2.16. The third kappa shape index (κ3) is 3.86. The Kier molecular flexibility index (Phi) is 5.04. The van der Waals surface area contributed by atoms with Crippen LogP contribution in [0.15, 0.2) is 21.5 Å². The SMILES string of the molecule is C[Si](C)(C)/C=C/c1cn([C@@H]2O[C@H](CO)[C@@H](O)[C@@H]2F)c(=O)[nH]c1=O. The molecule has 23 heavy (non-hydrogen) atoms. The van der Waals surface area contributed by atoms with Crippen molar-refractivity contribution in [2.45, 2.75) is 44.2 Å². The monoisotopic (exact) mass is 344 g/mol. The van der Waals surface area contributed by atoms with Crippen molar-refractivity contribution in [3.63, 3.8) is 0 Å². The topological polar surface area (TPSA) is 105 Å². The van der Waals surface area contributed by atoms with Gasteiger partial charge in [-0.05, 0) is 0 Å². The molecule has 0 aromatic carbocycles. The molecule has 9 heteroatoms. The number of halogens is 1. The first-order valence-electron chi connectivity index (χ1n) is 7.27. The lowest BCUT2D eigenvalue weighted by atomic mass is 10.1. The Morgan fingerprint density at radius 2 is 2.09 bits per heavy atom. The molecule has 1 aromatic heterocycles. The lowest BCUT2D eigenvalue weighted by molar-refractivity contribution is -0.0491. The van der Waals surface area contributed by atoms with Crippen LogP contribution in [0.5, 0.6) is 0 Å². The van der Waals surface area contributed by atoms with E-state index < -0.39 is 50.5 Å². The van der Waals surface area contributed by atoms with E-state index in [0.717, 1.165) is 4.57 Å². The zero-order valence-corrected chi connectivity index (χ0v) is 14.2. The summed E-state index contributed by atoms with van der Waals surface area (Å²) in [5.41, 5.74) is 0.706. The van der Waals surface area contributed by atoms with Crippen molar-refractivity contribution in [3.05, 3.63) is 38.3 Å². The summed E-state index contributed by atoms with van der Waals surface area (Å²) >= 11 is 0. The van der Waals surface area contributed by atoms with Crippen LogP contribution in [-0.2, 0) is 4.74 Å². The number of nitrogens with zero attached hydrogens (tertiary/aromatic N) is 1. The summed E-state index contributed by atoms with van der Waals surface area (Å²) in [6.45, 7) is 5.66. The van der Waals surface area contributed by atoms with E-state index in [4.69, 9.17) is 9.84 Å². The Hall–Kier alpha value is -1.55. The summed E-state index contributed by atoms with van der Waals surface area (Å²) < 4.78 is 20.2. The van der Waals surface area contributed by atoms with Crippen molar-refractivity contribution in [2.24, 2.45) is 0 Å². The number of aromatic amines is 1. The van der Waals surface area contributed by atoms with E-state index in [0.29, 0.717) is 0 Å². The number of nitrogens with one attached hydrogen (secondary N) is 1. The van der Waals surface area contributed by atoms with Gasteiger partial charge in [0.1, 0.15) is 12.2 Å². The number of aliphatic hydroxyl groups is 2. The Bertz CT molecular complexity index is 708. The van der Waals surface area contributed by atoms with Crippen molar-refractivity contribution in [1.29, 1.82) is 0 Å². The molecule has 2 heterocycles. The predicted molar refractivity (Wildman–Crippen MR) is 85.6 cm³/mol. The van der Waals surface area contributed by atoms with Gasteiger partial charge < -0.3 is 14.9 Å². The average molecular weight is 344 g/mol. The summed E-state index contributed by atoms with van der Waals surface area (Å²) in [5.74, 6) is 0. The Morgan fingerprint density at radius 1 is 1.43 bits per heavy atom. The molecule has 128 valence electrons. The number of hydrogen-bond acceptors (Lipinski definition) is 5. The van der Waals surface area contributed by atoms with Crippen LogP contribution in [0.2, 0.25) is 19.6 Å². The molecule has 0 bridgehead atoms. The van der Waals surface area contributed by atoms with Crippen LogP contribution >= 0.6 is 0 Å². The van der Waals surface area contributed by atoms with Gasteiger partial charge in [0.25, 0.3) is 5.56 Å². The minimum absolute atomic E-state index is 0.199. The first kappa shape index (κ1) is 17.8. The first-order chi connectivity index (χ1) is 10.6. The van der Waals surface area contributed by atoms with Gasteiger partial charge in [-0.2, -0.15) is 0 Å². The molecule has 1 saturated heterocycles. The lowest BCUT2D eigenvalue weighted by Crippen LogP contribution is -2.37. The molecule has 0 radical (unpaired) electrons. The molecule has 1 aliphatic heterocycles. The van der Waals surface area contributed by atoms with E-state index in [1.54, 1.807) is 6.08 Å². The van der Waals surface area contributed by atoms with Crippen molar-refractivity contribution in [3.8, 4) is 0 Å². The average Bonchev–Trinajstić information content (AvgIpc) is 2.73. The fourth-order valence-electron chi connectivity index (χ4n) is 2.23. The first-order valence-corrected chi connectivity index (χ1v) is 10.8. The Labute approximate surface area is 133 Å². The van der Waals surface area contributed by atoms with Crippen LogP contribution in [0, 0.1) is 0 Å². The maximum Gasteiger partial charge on any atom is 0.330 e. The fourth-order valence-corrected chi connectivity index (χ4v) is 2.91. The van der Waals surface area contributed by atoms with Gasteiger partial charge in [0, 0.05) is 6.20 Å². The number of alkyl halides is 1. The van der Waals surface area contributed by atoms with Crippen LogP contribution in [0.3, 0.4) is 0 Å². The van der Waals surface area contributed by atoms with Gasteiger partial charge in [-0.3, -0.25) is 14.3 Å². The third-order valence-corrected chi connectivity index (χ3v) is 4.67. The Morgan fingerprint density at radius 3 is 2.61 bits per heavy atom. The van der Waals surface area contributed by atoms with Gasteiger partial charge in [-0.15, -0.1) is 0 Å². The van der Waals surface area contributed by atoms with E-state index in [1.807, 2.05) is 5.70 Å². The van der Waals surface area contributed by atoms with Crippen LogP contribution < -0.4 is 11.2 Å². The number of ether oxygens (including phenoxy) is 1. The molecule has 1 aromatic rings. The highest BCUT2D eigenvalue weighted by atomic mass is 28.3. The van der Waals surface area contributed by atoms with Gasteiger partial charge >= 0.3 is 5.69 Å². The van der Waals surface area contributed by atoms with Crippen LogP contribution in [0.25, 0.3) is 6.08 Å². The fraction of sp³-hybridized carbons (Fsp3) is 0.571. The normalized spacial score (nSPS) is 28.6. The molecule has 0 amide bonds. The van der Waals surface area contributed by atoms with Gasteiger partial charge in [-0.25, -0.2) is 9.18 Å². The molecular formula is C14H21FN2O5Si. The second kappa shape index (κ2) is 6.52.